The maximum absolute atomic E-state index is 7.21. The summed E-state index contributed by atoms with van der Waals surface area (Å²) in [5, 5.41) is 33.4. The smallest absolute Gasteiger partial charge is 0.0643 e. The van der Waals surface area contributed by atoms with Crippen molar-refractivity contribution >= 4 is 23.2 Å². The molecular weight excluding hydrogens is 631 g/mol. The predicted octanol–water partition coefficient (Wildman–Crippen LogP) is 3.04. The van der Waals surface area contributed by atoms with Gasteiger partial charge in [-0.3, -0.25) is 42.5 Å². The number of hydrogen-bond donors (Lipinski definition) is 8. The van der Waals surface area contributed by atoms with Crippen molar-refractivity contribution in [2.75, 3.05) is 0 Å². The maximum atomic E-state index is 7.21. The van der Waals surface area contributed by atoms with Crippen molar-refractivity contribution in [2.45, 2.75) is 150 Å². The predicted molar refractivity (Wildman–Crippen MR) is 167 cm³/mol. The second-order valence-electron chi connectivity index (χ2n) is 15.8. The van der Waals surface area contributed by atoms with Gasteiger partial charge in [-0.05, 0) is 92.8 Å². The number of hydrogen-bond acceptors (Lipinski definition) is 8. The van der Waals surface area contributed by atoms with E-state index in [1.54, 1.807) is 0 Å². The number of halogens is 2. The third kappa shape index (κ3) is 5.40. The first kappa shape index (κ1) is 31.1. The average Bonchev–Trinajstić information content (AvgIpc) is 3.74. The van der Waals surface area contributed by atoms with E-state index in [9.17, 15) is 0 Å². The van der Waals surface area contributed by atoms with Gasteiger partial charge in [0.05, 0.1) is 60.1 Å². The summed E-state index contributed by atoms with van der Waals surface area (Å²) in [6.07, 6.45) is 20.8. The van der Waals surface area contributed by atoms with Gasteiger partial charge in [-0.25, -0.2) is 0 Å². The normalized spacial score (nSPS) is 57.6. The van der Waals surface area contributed by atoms with Crippen LogP contribution in [0, 0.1) is 47.3 Å². The fourth-order valence-electron chi connectivity index (χ4n) is 11.9. The molecule has 4 aliphatic carbocycles. The number of fused-ring (bicyclic) bond motifs is 20. The number of rotatable bonds is 0. The molecule has 11 heteroatoms. The molecule has 8 nitrogen and oxygen atoms in total. The molecule has 0 aromatic carbocycles. The van der Waals surface area contributed by atoms with Gasteiger partial charge in [0.2, 0.25) is 0 Å². The van der Waals surface area contributed by atoms with Gasteiger partial charge in [0, 0.05) is 23.0 Å². The first-order valence-electron chi connectivity index (χ1n) is 18.0. The molecule has 0 spiro atoms. The molecule has 5 heterocycles. The summed E-state index contributed by atoms with van der Waals surface area (Å²) in [7, 11) is 0. The average molecular weight is 685 g/mol. The van der Waals surface area contributed by atoms with Crippen LogP contribution in [0.25, 0.3) is 0 Å². The first-order valence-corrected chi connectivity index (χ1v) is 18.9. The number of alkyl halides is 2. The summed E-state index contributed by atoms with van der Waals surface area (Å²) >= 11 is 14.1. The Hall–Kier alpha value is 0.779. The monoisotopic (exact) mass is 683 g/mol. The Morgan fingerprint density at radius 2 is 0.605 bits per heavy atom. The van der Waals surface area contributed by atoms with Gasteiger partial charge in [0.25, 0.3) is 0 Å². The van der Waals surface area contributed by atoms with Gasteiger partial charge in [-0.2, -0.15) is 0 Å². The molecule has 0 amide bonds. The Morgan fingerprint density at radius 3 is 0.930 bits per heavy atom. The fourth-order valence-corrected chi connectivity index (χ4v) is 12.7. The van der Waals surface area contributed by atoms with Crippen LogP contribution in [0.4, 0.5) is 0 Å². The van der Waals surface area contributed by atoms with Gasteiger partial charge < -0.3 is 0 Å². The summed E-state index contributed by atoms with van der Waals surface area (Å²) in [4.78, 5) is 0. The maximum Gasteiger partial charge on any atom is 0.0643 e. The van der Waals surface area contributed by atoms with E-state index in [0.717, 1.165) is 12.8 Å². The van der Waals surface area contributed by atoms with Crippen LogP contribution in [-0.4, -0.2) is 60.1 Å². The van der Waals surface area contributed by atoms with Gasteiger partial charge >= 0.3 is 0 Å². The molecule has 0 aromatic heterocycles. The zero-order valence-corrected chi connectivity index (χ0v) is 27.8. The van der Waals surface area contributed by atoms with Gasteiger partial charge in [-0.1, -0.05) is 38.5 Å². The van der Waals surface area contributed by atoms with E-state index >= 15 is 0 Å². The Bertz CT molecular complexity index is 995. The molecule has 5 aliphatic heterocycles. The second-order valence-corrected chi connectivity index (χ2v) is 16.8. The van der Waals surface area contributed by atoms with Crippen molar-refractivity contribution in [3.05, 3.63) is 0 Å². The Balaban J connectivity index is 0.00000278. The first-order chi connectivity index (χ1) is 20.6. The van der Waals surface area contributed by atoms with E-state index in [2.05, 4.69) is 42.5 Å². The van der Waals surface area contributed by atoms with Crippen LogP contribution in [0.15, 0.2) is 0 Å². The summed E-state index contributed by atoms with van der Waals surface area (Å²) in [6, 6.07) is 0. The van der Waals surface area contributed by atoms with Gasteiger partial charge in [-0.15, -0.1) is 23.2 Å². The Labute approximate surface area is 279 Å². The molecule has 247 valence electrons. The molecule has 4 saturated carbocycles. The summed E-state index contributed by atoms with van der Waals surface area (Å²) < 4.78 is 0. The van der Waals surface area contributed by atoms with E-state index in [1.165, 1.54) is 77.0 Å². The van der Waals surface area contributed by atoms with Gasteiger partial charge in [0.15, 0.2) is 0 Å². The fraction of sp³-hybridized carbons (Fsp3) is 1.00. The summed E-state index contributed by atoms with van der Waals surface area (Å²) in [5.74, 6) is 4.93. The molecule has 8 N–H and O–H groups in total. The van der Waals surface area contributed by atoms with Crippen LogP contribution in [0.2, 0.25) is 0 Å². The Morgan fingerprint density at radius 1 is 0.326 bits per heavy atom. The van der Waals surface area contributed by atoms with Crippen molar-refractivity contribution in [2.24, 2.45) is 47.3 Å². The van der Waals surface area contributed by atoms with Crippen molar-refractivity contribution in [1.82, 2.24) is 42.5 Å². The quantitative estimate of drug-likeness (QED) is 0.146. The summed E-state index contributed by atoms with van der Waals surface area (Å²) in [6.45, 7) is 0. The molecule has 18 unspecified atom stereocenters. The second kappa shape index (κ2) is 12.7. The van der Waals surface area contributed by atoms with Crippen molar-refractivity contribution in [3.8, 4) is 0 Å². The molecule has 9 fully saturated rings. The zero-order chi connectivity index (χ0) is 27.9. The molecule has 9 aliphatic rings. The third-order valence-electron chi connectivity index (χ3n) is 13.9. The van der Waals surface area contributed by atoms with Crippen LogP contribution in [-0.2, 0) is 17.1 Å². The molecule has 18 atom stereocenters. The largest absolute Gasteiger partial charge is 0.286 e. The van der Waals surface area contributed by atoms with E-state index in [0.29, 0.717) is 84.3 Å². The van der Waals surface area contributed by atoms with E-state index in [4.69, 9.17) is 23.2 Å². The summed E-state index contributed by atoms with van der Waals surface area (Å²) in [5.41, 5.74) is 0. The SMILES string of the molecule is ClC1CCC2C3NC4NC(NC5NC(NC6NC(NC(N3)C2C1Cl)C1CCCCC61)C1CCCCC51)C1CCCCC41.[Cu]. The van der Waals surface area contributed by atoms with Crippen LogP contribution in [0.3, 0.4) is 0 Å². The minimum atomic E-state index is -0.0154. The van der Waals surface area contributed by atoms with E-state index in [-0.39, 0.29) is 40.2 Å². The minimum absolute atomic E-state index is 0. The van der Waals surface area contributed by atoms with Crippen LogP contribution < -0.4 is 42.5 Å². The molecule has 9 rings (SSSR count). The van der Waals surface area contributed by atoms with Crippen LogP contribution in [0.1, 0.15) is 89.9 Å². The third-order valence-corrected chi connectivity index (χ3v) is 15.1. The molecular formula is C32H54Cl2CuN8. The topological polar surface area (TPSA) is 96.2 Å². The van der Waals surface area contributed by atoms with E-state index < -0.39 is 0 Å². The molecule has 43 heavy (non-hydrogen) atoms. The number of nitrogens with one attached hydrogen (secondary N) is 8. The molecule has 8 bridgehead atoms. The van der Waals surface area contributed by atoms with Crippen molar-refractivity contribution < 1.29 is 17.1 Å². The van der Waals surface area contributed by atoms with Crippen LogP contribution >= 0.6 is 23.2 Å². The molecule has 0 aromatic rings. The van der Waals surface area contributed by atoms with Gasteiger partial charge in [0.1, 0.15) is 0 Å². The van der Waals surface area contributed by atoms with Crippen molar-refractivity contribution in [1.29, 1.82) is 0 Å². The molecule has 5 saturated heterocycles. The minimum Gasteiger partial charge on any atom is -0.286 e. The van der Waals surface area contributed by atoms with E-state index in [1.807, 2.05) is 0 Å². The molecule has 1 radical (unpaired) electrons. The standard InChI is InChI=1S/C32H54Cl2N8.Cu/c33-22-14-13-21-23(24(22)34)32-41-30-20-12-6-5-11-19(20)28(39-30)37-26-16-8-2-1-7-15(16)25(35-26)36-27-17-9-3-4-10-18(17)29(38-27)40-31(21)42-32;/h15-32,35-42H,1-14H2;. The van der Waals surface area contributed by atoms with Crippen LogP contribution in [0.5, 0.6) is 0 Å². The Kier molecular flexibility index (Phi) is 9.15. The zero-order valence-electron chi connectivity index (χ0n) is 25.3. The van der Waals surface area contributed by atoms with Crippen molar-refractivity contribution in [3.63, 3.8) is 0 Å².